The minimum absolute atomic E-state index is 0.0182. The fourth-order valence-corrected chi connectivity index (χ4v) is 14.5. The lowest BCUT2D eigenvalue weighted by molar-refractivity contribution is -0.145. The molecule has 0 bridgehead atoms. The van der Waals surface area contributed by atoms with Crippen LogP contribution in [0.15, 0.2) is 91.5 Å². The number of pyridine rings is 4. The topological polar surface area (TPSA) is 425 Å². The smallest absolute Gasteiger partial charge is 0.413 e. The van der Waals surface area contributed by atoms with Crippen molar-refractivity contribution in [2.45, 2.75) is 232 Å². The summed E-state index contributed by atoms with van der Waals surface area (Å²) in [4.78, 5) is 152. The summed E-state index contributed by atoms with van der Waals surface area (Å²) in [6, 6.07) is 9.15. The van der Waals surface area contributed by atoms with E-state index in [0.29, 0.717) is 52.3 Å². The number of methoxy groups -OCH3 is 1. The highest BCUT2D eigenvalue weighted by Crippen LogP contribution is 2.33. The number of nitrogens with one attached hydrogen (secondary N) is 7. The van der Waals surface area contributed by atoms with Crippen molar-refractivity contribution in [3.05, 3.63) is 184 Å². The third kappa shape index (κ3) is 39.7. The van der Waals surface area contributed by atoms with Crippen LogP contribution in [0.3, 0.4) is 0 Å². The maximum absolute atomic E-state index is 14.0. The molecule has 0 radical (unpaired) electrons. The van der Waals surface area contributed by atoms with Crippen LogP contribution in [0.4, 0.5) is 90.3 Å². The van der Waals surface area contributed by atoms with Crippen molar-refractivity contribution in [2.75, 3.05) is 51.8 Å². The maximum Gasteiger partial charge on any atom is 0.413 e. The van der Waals surface area contributed by atoms with Gasteiger partial charge in [0.2, 0.25) is 58.5 Å². The Bertz CT molecular complexity index is 5190. The monoisotopic (exact) mass is 2120 g/mol. The highest BCUT2D eigenvalue weighted by atomic mass is 127. The SMILES string of the molecule is CC(C)(C)OC(=O)Nc1cc(CC(NC(=O)C2CCCC2)C(=O)CCl)ccn1.CC(C)(C)OC(=O)Nc1cc(CC(NC(=O)C2CCCC2)C(=O)COc2c(F)c(F)cc(F)c2F)ccn1.COC(=O)C(Cc1ccnc(NC(=O)OC(C)(C)C)c1)NC(=O)C1CCCC1.ClCI.Nc1cc(CC(NC(=O)C2CCCC2)C(=O)COc2c(F)c(F)cc(F)c2F)ccn1.Oc1c(F)c(F)cc(F)c1F. The Balaban J connectivity index is 0.000000273. The Morgan fingerprint density at radius 3 is 0.899 bits per heavy atom. The highest BCUT2D eigenvalue weighted by Gasteiger charge is 2.36. The van der Waals surface area contributed by atoms with Crippen molar-refractivity contribution in [1.29, 1.82) is 0 Å². The van der Waals surface area contributed by atoms with E-state index in [1.165, 1.54) is 44.0 Å². The van der Waals surface area contributed by atoms with Crippen LogP contribution in [-0.2, 0) is 83.0 Å². The Morgan fingerprint density at radius 2 is 0.640 bits per heavy atom. The van der Waals surface area contributed by atoms with E-state index in [1.54, 1.807) is 98.7 Å². The summed E-state index contributed by atoms with van der Waals surface area (Å²) < 4.78 is 188. The number of carbonyl (C=O) groups excluding carboxylic acids is 11. The lowest BCUT2D eigenvalue weighted by Gasteiger charge is -2.21. The van der Waals surface area contributed by atoms with Gasteiger partial charge >= 0.3 is 24.2 Å². The molecule has 4 aliphatic rings. The normalized spacial score (nSPS) is 14.6. The number of anilines is 4. The van der Waals surface area contributed by atoms with E-state index in [0.717, 1.165) is 88.2 Å². The number of phenols is 1. The second-order valence-corrected chi connectivity index (χ2v) is 37.4. The van der Waals surface area contributed by atoms with E-state index in [2.05, 4.69) is 79.7 Å². The number of hydrogen-bond acceptors (Lipinski definition) is 23. The van der Waals surface area contributed by atoms with Crippen molar-refractivity contribution in [3.63, 3.8) is 0 Å². The third-order valence-corrected chi connectivity index (χ3v) is 21.1. The highest BCUT2D eigenvalue weighted by molar-refractivity contribution is 14.1. The molecule has 4 aromatic heterocycles. The molecule has 11 rings (SSSR count). The average Bonchev–Trinajstić information content (AvgIpc) is 1.09. The second kappa shape index (κ2) is 55.8. The van der Waals surface area contributed by atoms with Gasteiger partial charge in [-0.3, -0.25) is 49.5 Å². The van der Waals surface area contributed by atoms with Crippen molar-refractivity contribution in [1.82, 2.24) is 41.2 Å². The summed E-state index contributed by atoms with van der Waals surface area (Å²) in [5.41, 5.74) is 6.20. The van der Waals surface area contributed by atoms with Crippen LogP contribution in [0.25, 0.3) is 0 Å². The van der Waals surface area contributed by atoms with Gasteiger partial charge in [-0.2, -0.15) is 26.3 Å². The average molecular weight is 2120 g/mol. The quantitative estimate of drug-likeness (QED) is 0.00504. The number of ketones is 3. The third-order valence-electron chi connectivity index (χ3n) is 20.9. The predicted octanol–water partition coefficient (Wildman–Crippen LogP) is 17.8. The van der Waals surface area contributed by atoms with Crippen molar-refractivity contribution in [2.24, 2.45) is 23.7 Å². The van der Waals surface area contributed by atoms with Gasteiger partial charge in [0.1, 0.15) is 59.3 Å². The van der Waals surface area contributed by atoms with Gasteiger partial charge in [-0.1, -0.05) is 74.0 Å². The summed E-state index contributed by atoms with van der Waals surface area (Å²) in [7, 11) is 1.29. The van der Waals surface area contributed by atoms with Gasteiger partial charge in [0.25, 0.3) is 0 Å². The molecule has 4 unspecified atom stereocenters. The minimum Gasteiger partial charge on any atom is -0.503 e. The minimum atomic E-state index is -1.79. The first kappa shape index (κ1) is 116. The molecule has 4 atom stereocenters. The standard InChI is InChI=1S/C26H29F4N3O5.C21H21F4N3O3.C20H28ClN3O4.C20H29N3O5.C6H2F4O.CH2ClI/c1-26(2,3)38-25(36)33-20-11-14(8-9-31-20)10-18(32-24(35)15-6-4-5-7-15)19(34)13-37-23-21(29)16(27)12-17(28)22(23)30;22-13-9-14(23)19(25)20(18(13)24)31-10-16(29)15(7-11-5-6-27-17(26)8-11)28-21(30)12-3-1-2-4-12;1-20(2,3)28-19(27)24-17-11-13(8-9-22-17)10-15(16(25)12-21)23-18(26)14-6-4-5-7-14;1-20(2,3)28-19(26)23-16-12-13(9-10-21-16)11-15(18(25)27-4)22-17(24)14-7-5-6-8-14;7-2-1-3(8)5(10)6(11)4(2)9;2-1-3/h8-9,11-12,15,18H,4-7,10,13H2,1-3H3,(H,32,35)(H,31,33,36);5-6,8-9,12,15H,1-4,7,10H2,(H2,26,27)(H,28,30);8-9,11,14-15H,4-7,10,12H2,1-3H3,(H,23,26)(H,22,24,27);9-10,12,14-15H,5-8,11H2,1-4H3,(H,22,24)(H,21,23,26);1,11H;1H2. The Morgan fingerprint density at radius 1 is 0.396 bits per heavy atom. The first-order chi connectivity index (χ1) is 65.4. The summed E-state index contributed by atoms with van der Waals surface area (Å²) >= 11 is 12.8. The number of ether oxygens (including phenoxy) is 6. The largest absolute Gasteiger partial charge is 0.503 e. The first-order valence-corrected chi connectivity index (χ1v) is 46.5. The number of carbonyl (C=O) groups is 11. The Labute approximate surface area is 817 Å². The molecule has 139 heavy (non-hydrogen) atoms. The number of hydrogen-bond donors (Lipinski definition) is 9. The molecule has 7 amide bonds. The molecular weight excluding hydrogens is 2010 g/mol. The molecule has 10 N–H and O–H groups in total. The van der Waals surface area contributed by atoms with Crippen LogP contribution in [0.5, 0.6) is 17.2 Å². The summed E-state index contributed by atoms with van der Waals surface area (Å²) in [6.45, 7) is 13.8. The molecule has 4 heterocycles. The lowest BCUT2D eigenvalue weighted by Crippen LogP contribution is -2.46. The van der Waals surface area contributed by atoms with Gasteiger partial charge in [0.15, 0.2) is 69.5 Å². The first-order valence-electron chi connectivity index (χ1n) is 43.9. The van der Waals surface area contributed by atoms with Crippen LogP contribution >= 0.6 is 45.8 Å². The molecule has 4 aliphatic carbocycles. The molecule has 4 fully saturated rings. The number of phenolic OH excluding ortho intramolecular Hbond substituents is 1. The number of aromatic hydroxyl groups is 1. The van der Waals surface area contributed by atoms with Gasteiger partial charge in [-0.15, -0.1) is 23.2 Å². The van der Waals surface area contributed by atoms with Crippen LogP contribution in [-0.4, -0.2) is 161 Å². The van der Waals surface area contributed by atoms with Gasteiger partial charge in [0, 0.05) is 85.9 Å². The van der Waals surface area contributed by atoms with Crippen LogP contribution in [0.2, 0.25) is 0 Å². The van der Waals surface area contributed by atoms with E-state index in [4.69, 9.17) is 62.5 Å². The molecule has 4 saturated carbocycles. The number of alkyl halides is 3. The Hall–Kier alpha value is -11.9. The number of rotatable bonds is 30. The molecule has 0 saturated heterocycles. The number of nitrogens with two attached hydrogens (primary N) is 1. The molecule has 0 spiro atoms. The van der Waals surface area contributed by atoms with Crippen molar-refractivity contribution < 1.29 is 139 Å². The summed E-state index contributed by atoms with van der Waals surface area (Å²) in [5.74, 6) is -27.9. The predicted molar refractivity (Wildman–Crippen MR) is 495 cm³/mol. The number of Topliss-reactive ketones (excluding diaryl/α,β-unsaturated/α-hetero) is 3. The number of benzene rings is 3. The number of halogens is 15. The summed E-state index contributed by atoms with van der Waals surface area (Å²) in [5, 5.41) is 26.9. The van der Waals surface area contributed by atoms with E-state index < -0.39 is 177 Å². The molecule has 45 heteroatoms. The van der Waals surface area contributed by atoms with Gasteiger partial charge < -0.3 is 60.5 Å². The zero-order valence-electron chi connectivity index (χ0n) is 77.7. The zero-order valence-corrected chi connectivity index (χ0v) is 81.3. The van der Waals surface area contributed by atoms with Gasteiger partial charge in [-0.05, 0) is 191 Å². The molecule has 760 valence electrons. The number of aromatic nitrogens is 4. The maximum atomic E-state index is 14.0. The zero-order chi connectivity index (χ0) is 103. The number of amides is 7. The van der Waals surface area contributed by atoms with E-state index in [-0.39, 0.29) is 114 Å². The van der Waals surface area contributed by atoms with Crippen LogP contribution in [0.1, 0.15) is 187 Å². The molecule has 3 aromatic carbocycles. The molecular formula is C94H111Cl2F12IN12O18. The van der Waals surface area contributed by atoms with Crippen molar-refractivity contribution >= 4 is 134 Å². The van der Waals surface area contributed by atoms with E-state index in [1.807, 2.05) is 0 Å². The second-order valence-electron chi connectivity index (χ2n) is 35.2. The number of esters is 1. The molecule has 0 aliphatic heterocycles. The van der Waals surface area contributed by atoms with Crippen LogP contribution in [0, 0.1) is 93.5 Å². The lowest BCUT2D eigenvalue weighted by atomic mass is 10.0. The van der Waals surface area contributed by atoms with E-state index in [9.17, 15) is 105 Å². The van der Waals surface area contributed by atoms with Crippen molar-refractivity contribution in [3.8, 4) is 17.2 Å². The fourth-order valence-electron chi connectivity index (χ4n) is 14.3. The summed E-state index contributed by atoms with van der Waals surface area (Å²) in [6.07, 6.45) is 18.1. The molecule has 7 aromatic rings. The number of nitrogen functional groups attached to an aromatic ring is 1. The van der Waals surface area contributed by atoms with E-state index >= 15 is 0 Å². The number of nitrogens with zero attached hydrogens (tertiary/aromatic N) is 4. The van der Waals surface area contributed by atoms with Crippen LogP contribution < -0.4 is 52.4 Å². The van der Waals surface area contributed by atoms with Gasteiger partial charge in [0.05, 0.1) is 35.0 Å². The molecule has 30 nitrogen and oxygen atoms in total. The Kier molecular flexibility index (Phi) is 46.5. The fraction of sp³-hybridized carbons (Fsp3) is 0.479. The van der Waals surface area contributed by atoms with Gasteiger partial charge in [-0.25, -0.2) is 65.5 Å².